The molecular weight excluding hydrogens is 981 g/mol. The third-order valence-electron chi connectivity index (χ3n) is 9.74. The molecule has 2 N–H and O–H groups in total. The molecule has 4 aromatic carbocycles. The van der Waals surface area contributed by atoms with E-state index in [1.165, 1.54) is 86.3 Å². The third-order valence-corrected chi connectivity index (χ3v) is 9.91. The van der Waals surface area contributed by atoms with Gasteiger partial charge in [-0.05, 0) is 88.4 Å². The molecule has 0 unspecified atom stereocenters. The number of rotatable bonds is 7. The standard InChI is InChI=1S/C16H19N.C15H19F3.C10H8ClF3.C5H10.2C5H11.2CH3.Fe.Zn/c17-16(13-6-2-3-7-13)15-10-9-12-5-1-4-8-14(12)11-15;1-5-11(10-14(2,3)4)12-6-8-13(9-7-12)15(16,17)18;11-7-1-2-8-3-5-9(6-4-8)10(12,13)14;1-2-4-5-3-1;2*1-5(2,3)4;;;;/h1,4-5,8-11,13,16H,2-3,6-7,17H2;5-9,11H,1,10H2,2-4H3;1-6H,7H2;1-5H2;2*1H2,2-4H3;2*1H3;;/q;;;;4*-1;2*+2/b;;2-1+;;;;;;;/t16-;11-;;;;;;;;/m01......../s1. The number of hydrogen-bond acceptors (Lipinski definition) is 1. The first-order chi connectivity index (χ1) is 29.5. The second-order valence-electron chi connectivity index (χ2n) is 20.5. The van der Waals surface area contributed by atoms with E-state index in [4.69, 9.17) is 17.3 Å². The van der Waals surface area contributed by atoms with Gasteiger partial charge in [-0.2, -0.15) is 37.2 Å². The number of nitrogens with two attached hydrogens (primary N) is 1. The van der Waals surface area contributed by atoms with Gasteiger partial charge in [0.15, 0.2) is 0 Å². The van der Waals surface area contributed by atoms with E-state index in [1.807, 2.05) is 0 Å². The minimum Gasteiger partial charge on any atom is -0.358 e. The fourth-order valence-corrected chi connectivity index (χ4v) is 6.86. The largest absolute Gasteiger partial charge is 2.00 e. The molecule has 0 aliphatic heterocycles. The molecule has 0 amide bonds. The van der Waals surface area contributed by atoms with Crippen molar-refractivity contribution in [3.8, 4) is 0 Å². The van der Waals surface area contributed by atoms with Gasteiger partial charge in [-0.3, -0.25) is 0 Å². The molecular formula is C58H84ClF6FeNZn. The van der Waals surface area contributed by atoms with Crippen LogP contribution in [0.4, 0.5) is 26.3 Å². The maximum atomic E-state index is 12.5. The van der Waals surface area contributed by atoms with Crippen LogP contribution in [0.25, 0.3) is 16.8 Å². The van der Waals surface area contributed by atoms with E-state index >= 15 is 0 Å². The summed E-state index contributed by atoms with van der Waals surface area (Å²) in [6, 6.07) is 25.6. The van der Waals surface area contributed by atoms with Crippen molar-refractivity contribution in [2.75, 3.05) is 5.88 Å². The van der Waals surface area contributed by atoms with Gasteiger partial charge in [0.1, 0.15) is 0 Å². The molecule has 2 atom stereocenters. The van der Waals surface area contributed by atoms with Crippen LogP contribution in [0.15, 0.2) is 110 Å². The van der Waals surface area contributed by atoms with Crippen LogP contribution in [0.5, 0.6) is 0 Å². The van der Waals surface area contributed by atoms with E-state index in [9.17, 15) is 26.3 Å². The zero-order chi connectivity index (χ0) is 48.8. The number of allylic oxidation sites excluding steroid dienone is 2. The first kappa shape index (κ1) is 72.1. The molecule has 2 aliphatic carbocycles. The Bertz CT molecular complexity index is 1860. The van der Waals surface area contributed by atoms with Crippen molar-refractivity contribution in [3.05, 3.63) is 166 Å². The molecule has 2 saturated carbocycles. The van der Waals surface area contributed by atoms with Gasteiger partial charge >= 0.3 is 48.9 Å². The fourth-order valence-electron chi connectivity index (χ4n) is 6.77. The molecule has 0 bridgehead atoms. The minimum atomic E-state index is -4.27. The van der Waals surface area contributed by atoms with Gasteiger partial charge in [-0.25, -0.2) is 0 Å². The monoisotopic (exact) mass is 1060 g/mol. The number of alkyl halides is 7. The summed E-state index contributed by atoms with van der Waals surface area (Å²) in [5, 5.41) is 2.60. The Kier molecular flexibility index (Phi) is 37.0. The van der Waals surface area contributed by atoms with Crippen molar-refractivity contribution < 1.29 is 62.9 Å². The summed E-state index contributed by atoms with van der Waals surface area (Å²) >= 11 is 5.39. The molecule has 0 heterocycles. The van der Waals surface area contributed by atoms with Gasteiger partial charge in [-0.15, -0.1) is 18.2 Å². The van der Waals surface area contributed by atoms with Crippen LogP contribution in [0.3, 0.4) is 0 Å². The van der Waals surface area contributed by atoms with Crippen molar-refractivity contribution in [3.63, 3.8) is 0 Å². The summed E-state index contributed by atoms with van der Waals surface area (Å²) < 4.78 is 73.8. The third kappa shape index (κ3) is 34.8. The number of benzene rings is 4. The van der Waals surface area contributed by atoms with Gasteiger partial charge in [-0.1, -0.05) is 186 Å². The normalized spacial score (nSPS) is 14.5. The molecule has 6 rings (SSSR count). The van der Waals surface area contributed by atoms with E-state index in [0.717, 1.165) is 36.2 Å². The first-order valence-corrected chi connectivity index (χ1v) is 23.2. The maximum absolute atomic E-state index is 12.5. The molecule has 68 heavy (non-hydrogen) atoms. The second kappa shape index (κ2) is 34.8. The summed E-state index contributed by atoms with van der Waals surface area (Å²) in [6.45, 7) is 30.1. The van der Waals surface area contributed by atoms with E-state index < -0.39 is 23.5 Å². The number of fused-ring (bicyclic) bond motifs is 1. The van der Waals surface area contributed by atoms with Crippen molar-refractivity contribution >= 4 is 28.4 Å². The number of halogens is 7. The van der Waals surface area contributed by atoms with Crippen LogP contribution in [0.1, 0.15) is 166 Å². The van der Waals surface area contributed by atoms with E-state index in [2.05, 4.69) is 125 Å². The van der Waals surface area contributed by atoms with Gasteiger partial charge in [0, 0.05) is 17.8 Å². The summed E-state index contributed by atoms with van der Waals surface area (Å²) in [5.41, 5.74) is 8.65. The molecule has 2 fully saturated rings. The number of hydrogen-bond donors (Lipinski definition) is 1. The Balaban J connectivity index is -0.000000383. The molecule has 2 aliphatic rings. The maximum Gasteiger partial charge on any atom is 2.00 e. The van der Waals surface area contributed by atoms with Crippen molar-refractivity contribution in [1.82, 2.24) is 0 Å². The Morgan fingerprint density at radius 3 is 1.38 bits per heavy atom. The summed E-state index contributed by atoms with van der Waals surface area (Å²) in [7, 11) is 0. The quantitative estimate of drug-likeness (QED) is 0.0645. The zero-order valence-electron chi connectivity index (χ0n) is 43.3. The summed E-state index contributed by atoms with van der Waals surface area (Å²) in [5.74, 6) is 1.13. The van der Waals surface area contributed by atoms with Crippen LogP contribution in [0.2, 0.25) is 0 Å². The molecule has 10 heteroatoms. The predicted molar refractivity (Wildman–Crippen MR) is 278 cm³/mol. The van der Waals surface area contributed by atoms with Crippen LogP contribution in [-0.2, 0) is 48.9 Å². The zero-order valence-corrected chi connectivity index (χ0v) is 48.1. The van der Waals surface area contributed by atoms with Crippen molar-refractivity contribution in [2.24, 2.45) is 27.9 Å². The summed E-state index contributed by atoms with van der Waals surface area (Å²) in [6.07, 6.45) is 10.3. The van der Waals surface area contributed by atoms with Crippen LogP contribution < -0.4 is 5.73 Å². The van der Waals surface area contributed by atoms with Crippen LogP contribution in [0, 0.1) is 50.9 Å². The Morgan fingerprint density at radius 1 is 0.632 bits per heavy atom. The van der Waals surface area contributed by atoms with E-state index in [-0.39, 0.29) is 79.6 Å². The van der Waals surface area contributed by atoms with Crippen molar-refractivity contribution in [2.45, 2.75) is 151 Å². The fraction of sp³-hybridized carbons (Fsp3) is 0.483. The van der Waals surface area contributed by atoms with Crippen LogP contribution in [-0.4, -0.2) is 5.88 Å². The molecule has 0 saturated heterocycles. The van der Waals surface area contributed by atoms with E-state index in [1.54, 1.807) is 30.4 Å². The Hall–Kier alpha value is -2.41. The molecule has 0 radical (unpaired) electrons. The van der Waals surface area contributed by atoms with Gasteiger partial charge < -0.3 is 34.4 Å². The first-order valence-electron chi connectivity index (χ1n) is 22.7. The SMILES string of the molecule is C1CCCC1.C=C[C@H](CC(C)(C)C)c1ccc(C(F)(F)F)cc1.FC(F)(F)c1ccc(/C=C/CCl)cc1.N[C@H](c1ccc2ccccc2c1)C1CCCC1.[CH2-]C(C)(C)C.[CH2-]C(C)(C)C.[CH3-].[CH3-].[Fe+2].[Zn+2]. The summed E-state index contributed by atoms with van der Waals surface area (Å²) in [4.78, 5) is 0. The minimum absolute atomic E-state index is 0. The van der Waals surface area contributed by atoms with Gasteiger partial charge in [0.25, 0.3) is 0 Å². The molecule has 0 spiro atoms. The molecule has 4 aromatic rings. The topological polar surface area (TPSA) is 26.0 Å². The Morgan fingerprint density at radius 2 is 1.01 bits per heavy atom. The van der Waals surface area contributed by atoms with E-state index in [0.29, 0.717) is 17.4 Å². The molecule has 1 nitrogen and oxygen atoms in total. The van der Waals surface area contributed by atoms with Gasteiger partial charge in [0.05, 0.1) is 11.1 Å². The van der Waals surface area contributed by atoms with Gasteiger partial charge in [0.2, 0.25) is 0 Å². The average molecular weight is 1070 g/mol. The van der Waals surface area contributed by atoms with Crippen LogP contribution >= 0.6 is 11.6 Å². The second-order valence-corrected chi connectivity index (χ2v) is 20.8. The average Bonchev–Trinajstić information content (AvgIpc) is 3.96. The predicted octanol–water partition coefficient (Wildman–Crippen LogP) is 20.0. The molecule has 0 aromatic heterocycles. The smallest absolute Gasteiger partial charge is 0.358 e. The Labute approximate surface area is 439 Å². The molecule has 380 valence electrons. The van der Waals surface area contributed by atoms with Crippen molar-refractivity contribution in [1.29, 1.82) is 0 Å².